The number of nitrogens with one attached hydrogen (secondary N) is 2. The van der Waals surface area contributed by atoms with E-state index in [1.165, 1.54) is 6.07 Å². The molecule has 4 N–H and O–H groups in total. The maximum Gasteiger partial charge on any atom is 0.265 e. The number of pyridine rings is 1. The Morgan fingerprint density at radius 3 is 2.65 bits per heavy atom. The van der Waals surface area contributed by atoms with Crippen LogP contribution in [0.1, 0.15) is 10.5 Å². The molecule has 0 saturated carbocycles. The number of rotatable bonds is 1. The summed E-state index contributed by atoms with van der Waals surface area (Å²) < 4.78 is 0. The number of hydrogen-bond acceptors (Lipinski definition) is 2. The average molecular weight is 227 g/mol. The number of carbonyl (C=O) groups is 1. The molecule has 0 aliphatic carbocycles. The van der Waals surface area contributed by atoms with Crippen LogP contribution in [0.4, 0.5) is 0 Å². The highest BCUT2D eigenvalue weighted by Crippen LogP contribution is 2.20. The van der Waals surface area contributed by atoms with E-state index in [2.05, 4.69) is 9.97 Å². The highest BCUT2D eigenvalue weighted by molar-refractivity contribution is 6.06. The highest BCUT2D eigenvalue weighted by atomic mass is 16.1. The molecule has 0 aliphatic heterocycles. The average Bonchev–Trinajstić information content (AvgIpc) is 2.75. The number of aromatic amines is 2. The van der Waals surface area contributed by atoms with Crippen molar-refractivity contribution >= 4 is 27.7 Å². The summed E-state index contributed by atoms with van der Waals surface area (Å²) in [5.74, 6) is -0.579. The molecule has 5 nitrogen and oxygen atoms in total. The fraction of sp³-hybridized carbons (Fsp3) is 0. The SMILES string of the molecule is NC(=O)c1cc2c(=O)[nH]c3ccccc3c2[nH]1. The van der Waals surface area contributed by atoms with Crippen LogP contribution in [-0.4, -0.2) is 15.9 Å². The molecule has 0 radical (unpaired) electrons. The van der Waals surface area contributed by atoms with Gasteiger partial charge in [-0.2, -0.15) is 0 Å². The van der Waals surface area contributed by atoms with Gasteiger partial charge in [-0.1, -0.05) is 18.2 Å². The number of fused-ring (bicyclic) bond motifs is 3. The van der Waals surface area contributed by atoms with Crippen molar-refractivity contribution in [3.8, 4) is 0 Å². The summed E-state index contributed by atoms with van der Waals surface area (Å²) in [6, 6.07) is 8.85. The van der Waals surface area contributed by atoms with Gasteiger partial charge in [0.25, 0.3) is 11.5 Å². The smallest absolute Gasteiger partial charge is 0.265 e. The summed E-state index contributed by atoms with van der Waals surface area (Å²) in [5.41, 5.74) is 6.56. The molecule has 0 fully saturated rings. The van der Waals surface area contributed by atoms with Crippen LogP contribution in [0.25, 0.3) is 21.8 Å². The van der Waals surface area contributed by atoms with Crippen LogP contribution in [0, 0.1) is 0 Å². The number of nitrogens with two attached hydrogens (primary N) is 1. The van der Waals surface area contributed by atoms with Crippen molar-refractivity contribution in [2.75, 3.05) is 0 Å². The van der Waals surface area contributed by atoms with Crippen molar-refractivity contribution in [2.24, 2.45) is 5.73 Å². The Kier molecular flexibility index (Phi) is 1.82. The molecule has 5 heteroatoms. The van der Waals surface area contributed by atoms with Crippen molar-refractivity contribution < 1.29 is 4.79 Å². The first kappa shape index (κ1) is 9.65. The minimum atomic E-state index is -0.579. The summed E-state index contributed by atoms with van der Waals surface area (Å²) in [4.78, 5) is 28.5. The molecule has 0 atom stereocenters. The van der Waals surface area contributed by atoms with Gasteiger partial charge in [0, 0.05) is 5.39 Å². The molecule has 3 rings (SSSR count). The Hall–Kier alpha value is -2.56. The van der Waals surface area contributed by atoms with Crippen LogP contribution >= 0.6 is 0 Å². The van der Waals surface area contributed by atoms with Gasteiger partial charge in [0.1, 0.15) is 5.69 Å². The predicted molar refractivity (Wildman–Crippen MR) is 64.9 cm³/mol. The van der Waals surface area contributed by atoms with E-state index in [0.717, 1.165) is 10.9 Å². The van der Waals surface area contributed by atoms with Crippen LogP contribution in [-0.2, 0) is 0 Å². The molecule has 17 heavy (non-hydrogen) atoms. The lowest BCUT2D eigenvalue weighted by Crippen LogP contribution is -2.10. The summed E-state index contributed by atoms with van der Waals surface area (Å²) in [7, 11) is 0. The van der Waals surface area contributed by atoms with E-state index in [-0.39, 0.29) is 11.3 Å². The van der Waals surface area contributed by atoms with Crippen molar-refractivity contribution in [1.82, 2.24) is 9.97 Å². The number of H-pyrrole nitrogens is 2. The second-order valence-corrected chi connectivity index (χ2v) is 3.84. The van der Waals surface area contributed by atoms with Crippen LogP contribution in [0.5, 0.6) is 0 Å². The zero-order chi connectivity index (χ0) is 12.0. The fourth-order valence-corrected chi connectivity index (χ4v) is 1.98. The zero-order valence-electron chi connectivity index (χ0n) is 8.78. The van der Waals surface area contributed by atoms with Gasteiger partial charge in [0.05, 0.1) is 16.4 Å². The Morgan fingerprint density at radius 1 is 1.12 bits per heavy atom. The van der Waals surface area contributed by atoms with Gasteiger partial charge < -0.3 is 15.7 Å². The summed E-state index contributed by atoms with van der Waals surface area (Å²) in [6.07, 6.45) is 0. The van der Waals surface area contributed by atoms with E-state index in [1.807, 2.05) is 18.2 Å². The lowest BCUT2D eigenvalue weighted by molar-refractivity contribution is 0.0996. The minimum Gasteiger partial charge on any atom is -0.364 e. The Bertz CT molecular complexity index is 798. The van der Waals surface area contributed by atoms with E-state index in [4.69, 9.17) is 5.73 Å². The number of para-hydroxylation sites is 1. The van der Waals surface area contributed by atoms with Crippen molar-refractivity contribution in [3.05, 3.63) is 46.4 Å². The van der Waals surface area contributed by atoms with Crippen LogP contribution < -0.4 is 11.3 Å². The molecule has 2 heterocycles. The third kappa shape index (κ3) is 1.32. The maximum absolute atomic E-state index is 11.8. The molecule has 84 valence electrons. The normalized spacial score (nSPS) is 11.1. The van der Waals surface area contributed by atoms with E-state index < -0.39 is 5.91 Å². The molecule has 0 saturated heterocycles. The van der Waals surface area contributed by atoms with Crippen molar-refractivity contribution in [3.63, 3.8) is 0 Å². The topological polar surface area (TPSA) is 91.7 Å². The maximum atomic E-state index is 11.8. The van der Waals surface area contributed by atoms with E-state index in [0.29, 0.717) is 10.9 Å². The fourth-order valence-electron chi connectivity index (χ4n) is 1.98. The quantitative estimate of drug-likeness (QED) is 0.581. The van der Waals surface area contributed by atoms with E-state index >= 15 is 0 Å². The van der Waals surface area contributed by atoms with Gasteiger partial charge in [0.2, 0.25) is 0 Å². The van der Waals surface area contributed by atoms with Gasteiger partial charge in [0.15, 0.2) is 0 Å². The van der Waals surface area contributed by atoms with Gasteiger partial charge >= 0.3 is 0 Å². The number of primary amides is 1. The molecular weight excluding hydrogens is 218 g/mol. The third-order valence-corrected chi connectivity index (χ3v) is 2.77. The third-order valence-electron chi connectivity index (χ3n) is 2.77. The van der Waals surface area contributed by atoms with Crippen LogP contribution in [0.2, 0.25) is 0 Å². The Balaban J connectivity index is 2.56. The minimum absolute atomic E-state index is 0.234. The molecule has 2 aromatic heterocycles. The van der Waals surface area contributed by atoms with Crippen LogP contribution in [0.15, 0.2) is 35.1 Å². The van der Waals surface area contributed by atoms with Gasteiger partial charge in [-0.05, 0) is 12.1 Å². The molecule has 1 amide bonds. The predicted octanol–water partition coefficient (Wildman–Crippen LogP) is 1.11. The number of amides is 1. The second-order valence-electron chi connectivity index (χ2n) is 3.84. The number of benzene rings is 1. The number of hydrogen-bond donors (Lipinski definition) is 3. The standard InChI is InChI=1S/C12H9N3O2/c13-11(16)9-5-7-10(14-9)6-3-1-2-4-8(6)15-12(7)17/h1-5,14H,(H2,13,16)(H,15,17). The summed E-state index contributed by atoms with van der Waals surface area (Å²) >= 11 is 0. The molecule has 0 spiro atoms. The summed E-state index contributed by atoms with van der Waals surface area (Å²) in [6.45, 7) is 0. The number of carbonyl (C=O) groups excluding carboxylic acids is 1. The summed E-state index contributed by atoms with van der Waals surface area (Å²) in [5, 5.41) is 1.30. The monoisotopic (exact) mass is 227 g/mol. The molecule has 0 unspecified atom stereocenters. The zero-order valence-corrected chi connectivity index (χ0v) is 8.78. The number of aromatic nitrogens is 2. The second kappa shape index (κ2) is 3.21. The van der Waals surface area contributed by atoms with Crippen molar-refractivity contribution in [2.45, 2.75) is 0 Å². The largest absolute Gasteiger partial charge is 0.364 e. The first-order chi connectivity index (χ1) is 8.16. The highest BCUT2D eigenvalue weighted by Gasteiger charge is 2.11. The molecular formula is C12H9N3O2. The van der Waals surface area contributed by atoms with E-state index in [1.54, 1.807) is 6.07 Å². The first-order valence-corrected chi connectivity index (χ1v) is 5.10. The van der Waals surface area contributed by atoms with Gasteiger partial charge in [-0.25, -0.2) is 0 Å². The van der Waals surface area contributed by atoms with Crippen LogP contribution in [0.3, 0.4) is 0 Å². The lowest BCUT2D eigenvalue weighted by Gasteiger charge is -1.98. The first-order valence-electron chi connectivity index (χ1n) is 5.10. The molecule has 1 aromatic carbocycles. The lowest BCUT2D eigenvalue weighted by atomic mass is 10.2. The van der Waals surface area contributed by atoms with Crippen molar-refractivity contribution in [1.29, 1.82) is 0 Å². The van der Waals surface area contributed by atoms with Gasteiger partial charge in [-0.15, -0.1) is 0 Å². The van der Waals surface area contributed by atoms with E-state index in [9.17, 15) is 9.59 Å². The molecule has 0 aliphatic rings. The molecule has 3 aromatic rings. The Morgan fingerprint density at radius 2 is 1.88 bits per heavy atom. The Labute approximate surface area is 95.3 Å². The van der Waals surface area contributed by atoms with Gasteiger partial charge in [-0.3, -0.25) is 9.59 Å². The molecule has 0 bridgehead atoms.